The molecule has 90 valence electrons. The molecule has 2 rings (SSSR count). The van der Waals surface area contributed by atoms with E-state index in [1.165, 1.54) is 6.07 Å². The Kier molecular flexibility index (Phi) is 3.53. The molecule has 0 aromatic heterocycles. The quantitative estimate of drug-likeness (QED) is 0.869. The van der Waals surface area contributed by atoms with Crippen molar-refractivity contribution in [3.05, 3.63) is 22.4 Å². The van der Waals surface area contributed by atoms with Crippen molar-refractivity contribution in [3.63, 3.8) is 0 Å². The second-order valence-electron chi connectivity index (χ2n) is 4.16. The van der Waals surface area contributed by atoms with Crippen LogP contribution in [0.4, 0.5) is 15.8 Å². The summed E-state index contributed by atoms with van der Waals surface area (Å²) in [5.74, 6) is -0.322. The summed E-state index contributed by atoms with van der Waals surface area (Å²) in [4.78, 5) is 2.04. The number of nitrogens with zero attached hydrogens (tertiary/aromatic N) is 2. The summed E-state index contributed by atoms with van der Waals surface area (Å²) in [6.45, 7) is 0.604. The second kappa shape index (κ2) is 4.92. The Morgan fingerprint density at radius 1 is 1.53 bits per heavy atom. The molecular weight excluding hydrogens is 285 g/mol. The third-order valence-corrected chi connectivity index (χ3v) is 3.44. The number of nitriles is 1. The van der Waals surface area contributed by atoms with Crippen LogP contribution >= 0.6 is 15.9 Å². The van der Waals surface area contributed by atoms with Crippen LogP contribution in [0.5, 0.6) is 0 Å². The third-order valence-electron chi connectivity index (χ3n) is 2.83. The monoisotopic (exact) mass is 297 g/mol. The first-order valence-corrected chi connectivity index (χ1v) is 6.31. The molecule has 0 spiro atoms. The molecule has 0 atom stereocenters. The first-order valence-electron chi connectivity index (χ1n) is 5.51. The maximum atomic E-state index is 13.5. The maximum absolute atomic E-state index is 13.5. The van der Waals surface area contributed by atoms with E-state index >= 15 is 0 Å². The predicted molar refractivity (Wildman–Crippen MR) is 69.1 cm³/mol. The molecule has 0 amide bonds. The van der Waals surface area contributed by atoms with Gasteiger partial charge in [-0.3, -0.25) is 0 Å². The van der Waals surface area contributed by atoms with E-state index in [4.69, 9.17) is 11.0 Å². The molecule has 1 aliphatic carbocycles. The zero-order valence-corrected chi connectivity index (χ0v) is 10.9. The van der Waals surface area contributed by atoms with Gasteiger partial charge in [0.25, 0.3) is 0 Å². The van der Waals surface area contributed by atoms with Crippen molar-refractivity contribution < 1.29 is 4.39 Å². The first-order chi connectivity index (χ1) is 8.13. The van der Waals surface area contributed by atoms with E-state index in [1.807, 2.05) is 4.90 Å². The van der Waals surface area contributed by atoms with Gasteiger partial charge in [0.2, 0.25) is 0 Å². The average molecular weight is 298 g/mol. The number of anilines is 2. The number of nitrogen functional groups attached to an aromatic ring is 1. The zero-order valence-electron chi connectivity index (χ0n) is 9.29. The van der Waals surface area contributed by atoms with E-state index in [2.05, 4.69) is 22.0 Å². The van der Waals surface area contributed by atoms with Crippen molar-refractivity contribution in [2.24, 2.45) is 0 Å². The summed E-state index contributed by atoms with van der Waals surface area (Å²) in [6, 6.07) is 5.53. The van der Waals surface area contributed by atoms with E-state index < -0.39 is 0 Å². The lowest BCUT2D eigenvalue weighted by Gasteiger charge is -2.25. The molecule has 0 radical (unpaired) electrons. The van der Waals surface area contributed by atoms with E-state index in [9.17, 15) is 4.39 Å². The number of hydrogen-bond acceptors (Lipinski definition) is 3. The van der Waals surface area contributed by atoms with Gasteiger partial charge in [-0.2, -0.15) is 5.26 Å². The van der Waals surface area contributed by atoms with Crippen LogP contribution in [0.15, 0.2) is 16.6 Å². The number of halogens is 2. The van der Waals surface area contributed by atoms with Gasteiger partial charge in [0.1, 0.15) is 5.82 Å². The zero-order chi connectivity index (χ0) is 12.4. The molecule has 1 aromatic rings. The minimum Gasteiger partial charge on any atom is -0.397 e. The van der Waals surface area contributed by atoms with Crippen molar-refractivity contribution in [1.82, 2.24) is 0 Å². The largest absolute Gasteiger partial charge is 0.397 e. The van der Waals surface area contributed by atoms with Gasteiger partial charge in [0, 0.05) is 18.7 Å². The van der Waals surface area contributed by atoms with Crippen LogP contribution in [0.25, 0.3) is 0 Å². The lowest BCUT2D eigenvalue weighted by Crippen LogP contribution is -2.27. The van der Waals surface area contributed by atoms with Gasteiger partial charge in [0.05, 0.1) is 28.3 Å². The van der Waals surface area contributed by atoms with Gasteiger partial charge in [0.15, 0.2) is 0 Å². The smallest absolute Gasteiger partial charge is 0.139 e. The maximum Gasteiger partial charge on any atom is 0.139 e. The summed E-state index contributed by atoms with van der Waals surface area (Å²) in [6.07, 6.45) is 2.60. The van der Waals surface area contributed by atoms with Crippen LogP contribution in [0.1, 0.15) is 19.3 Å². The van der Waals surface area contributed by atoms with Crippen molar-refractivity contribution in [2.45, 2.75) is 25.3 Å². The molecule has 1 saturated carbocycles. The molecule has 0 bridgehead atoms. The number of nitrogens with two attached hydrogens (primary N) is 1. The van der Waals surface area contributed by atoms with Crippen LogP contribution in [0.2, 0.25) is 0 Å². The van der Waals surface area contributed by atoms with Crippen molar-refractivity contribution in [2.75, 3.05) is 17.2 Å². The average Bonchev–Trinajstić information content (AvgIpc) is 3.10. The Morgan fingerprint density at radius 2 is 2.24 bits per heavy atom. The van der Waals surface area contributed by atoms with Crippen molar-refractivity contribution in [3.8, 4) is 6.07 Å². The molecule has 0 aliphatic heterocycles. The van der Waals surface area contributed by atoms with Crippen LogP contribution in [0.3, 0.4) is 0 Å². The fourth-order valence-electron chi connectivity index (χ4n) is 1.86. The van der Waals surface area contributed by atoms with Gasteiger partial charge in [-0.25, -0.2) is 4.39 Å². The topological polar surface area (TPSA) is 53.0 Å². The summed E-state index contributed by atoms with van der Waals surface area (Å²) >= 11 is 3.11. The fraction of sp³-hybridized carbons (Fsp3) is 0.417. The molecule has 0 unspecified atom stereocenters. The Morgan fingerprint density at radius 3 is 2.82 bits per heavy atom. The van der Waals surface area contributed by atoms with E-state index in [1.54, 1.807) is 6.07 Å². The summed E-state index contributed by atoms with van der Waals surface area (Å²) in [5, 5.41) is 8.64. The highest BCUT2D eigenvalue weighted by Gasteiger charge is 2.30. The Balaban J connectivity index is 2.29. The molecule has 0 saturated heterocycles. The molecule has 17 heavy (non-hydrogen) atoms. The number of rotatable bonds is 4. The number of hydrogen-bond donors (Lipinski definition) is 1. The summed E-state index contributed by atoms with van der Waals surface area (Å²) < 4.78 is 13.9. The van der Waals surface area contributed by atoms with Gasteiger partial charge >= 0.3 is 0 Å². The van der Waals surface area contributed by atoms with Crippen molar-refractivity contribution >= 4 is 27.3 Å². The first kappa shape index (κ1) is 12.2. The van der Waals surface area contributed by atoms with Crippen LogP contribution < -0.4 is 10.6 Å². The Bertz CT molecular complexity index is 466. The second-order valence-corrected chi connectivity index (χ2v) is 5.01. The van der Waals surface area contributed by atoms with E-state index in [0.29, 0.717) is 34.9 Å². The molecule has 0 heterocycles. The Labute approximate surface area is 108 Å². The summed E-state index contributed by atoms with van der Waals surface area (Å²) in [7, 11) is 0. The molecule has 5 heteroatoms. The molecular formula is C12H13BrFN3. The molecule has 2 N–H and O–H groups in total. The van der Waals surface area contributed by atoms with E-state index in [-0.39, 0.29) is 5.82 Å². The minimum atomic E-state index is -0.322. The van der Waals surface area contributed by atoms with Crippen molar-refractivity contribution in [1.29, 1.82) is 5.26 Å². The molecule has 3 nitrogen and oxygen atoms in total. The molecule has 1 fully saturated rings. The van der Waals surface area contributed by atoms with Gasteiger partial charge in [-0.05, 0) is 34.8 Å². The fourth-order valence-corrected chi connectivity index (χ4v) is 2.22. The summed E-state index contributed by atoms with van der Waals surface area (Å²) in [5.41, 5.74) is 7.15. The van der Waals surface area contributed by atoms with Gasteiger partial charge in [-0.1, -0.05) is 0 Å². The third kappa shape index (κ3) is 2.70. The highest BCUT2D eigenvalue weighted by molar-refractivity contribution is 9.10. The SMILES string of the molecule is N#CCCN(c1cc(F)c(Br)cc1N)C1CC1. The van der Waals surface area contributed by atoms with Gasteiger partial charge < -0.3 is 10.6 Å². The van der Waals surface area contributed by atoms with E-state index in [0.717, 1.165) is 12.8 Å². The van der Waals surface area contributed by atoms with Crippen LogP contribution in [0, 0.1) is 17.1 Å². The van der Waals surface area contributed by atoms with Crippen LogP contribution in [-0.2, 0) is 0 Å². The molecule has 1 aromatic carbocycles. The highest BCUT2D eigenvalue weighted by atomic mass is 79.9. The van der Waals surface area contributed by atoms with Gasteiger partial charge in [-0.15, -0.1) is 0 Å². The van der Waals surface area contributed by atoms with Crippen LogP contribution in [-0.4, -0.2) is 12.6 Å². The minimum absolute atomic E-state index is 0.322. The number of benzene rings is 1. The Hall–Kier alpha value is -1.28. The lowest BCUT2D eigenvalue weighted by molar-refractivity contribution is 0.620. The lowest BCUT2D eigenvalue weighted by atomic mass is 10.2. The normalized spacial score (nSPS) is 14.4. The molecule has 1 aliphatic rings. The standard InChI is InChI=1S/C12H13BrFN3/c13-9-6-11(16)12(7-10(9)14)17(5-1-4-15)8-2-3-8/h6-8H,1-3,5,16H2. The predicted octanol–water partition coefficient (Wildman–Crippen LogP) is 3.05. The highest BCUT2D eigenvalue weighted by Crippen LogP contribution is 2.37.